The van der Waals surface area contributed by atoms with Crippen LogP contribution in [0.15, 0.2) is 66.9 Å². The maximum atomic E-state index is 13.1. The summed E-state index contributed by atoms with van der Waals surface area (Å²) in [5, 5.41) is 7.97. The van der Waals surface area contributed by atoms with Gasteiger partial charge in [-0.2, -0.15) is 18.3 Å². The maximum Gasteiger partial charge on any atom is 0.433 e. The van der Waals surface area contributed by atoms with E-state index in [1.54, 1.807) is 12.1 Å². The van der Waals surface area contributed by atoms with E-state index in [9.17, 15) is 13.2 Å². The summed E-state index contributed by atoms with van der Waals surface area (Å²) in [6.07, 6.45) is -2.62. The molecule has 5 aromatic rings. The summed E-state index contributed by atoms with van der Waals surface area (Å²) in [6.45, 7) is 3.24. The number of nitrogens with zero attached hydrogens (tertiary/aromatic N) is 5. The fraction of sp³-hybridized carbons (Fsp3) is 0.222. The SMILES string of the molecule is CCn1c(NCc2ccc(Oc3ccc(Cl)cn3)cc2)nc2ccc(Cc3cc(C(F)(F)F)n(C)n3)cc21. The zero-order valence-corrected chi connectivity index (χ0v) is 21.4. The number of imidazole rings is 1. The molecule has 0 saturated heterocycles. The van der Waals surface area contributed by atoms with Crippen LogP contribution in [0.1, 0.15) is 29.4 Å². The average molecular weight is 541 g/mol. The van der Waals surface area contributed by atoms with Crippen LogP contribution in [0.2, 0.25) is 5.02 Å². The molecule has 0 unspecified atom stereocenters. The largest absolute Gasteiger partial charge is 0.439 e. The van der Waals surface area contributed by atoms with Crippen molar-refractivity contribution in [2.45, 2.75) is 32.6 Å². The second kappa shape index (κ2) is 10.4. The van der Waals surface area contributed by atoms with Crippen LogP contribution in [0.3, 0.4) is 0 Å². The first-order valence-corrected chi connectivity index (χ1v) is 12.3. The van der Waals surface area contributed by atoms with Gasteiger partial charge < -0.3 is 14.6 Å². The van der Waals surface area contributed by atoms with Gasteiger partial charge in [0.2, 0.25) is 11.8 Å². The molecule has 38 heavy (non-hydrogen) atoms. The van der Waals surface area contributed by atoms with Crippen molar-refractivity contribution in [1.82, 2.24) is 24.3 Å². The Hall–Kier alpha value is -4.05. The van der Waals surface area contributed by atoms with Crippen molar-refractivity contribution in [1.29, 1.82) is 0 Å². The smallest absolute Gasteiger partial charge is 0.433 e. The number of aryl methyl sites for hydroxylation is 2. The average Bonchev–Trinajstić information content (AvgIpc) is 3.44. The van der Waals surface area contributed by atoms with Crippen molar-refractivity contribution in [2.24, 2.45) is 7.05 Å². The number of nitrogens with one attached hydrogen (secondary N) is 1. The predicted molar refractivity (Wildman–Crippen MR) is 140 cm³/mol. The van der Waals surface area contributed by atoms with Crippen LogP contribution in [0.4, 0.5) is 19.1 Å². The number of ether oxygens (including phenoxy) is 1. The van der Waals surface area contributed by atoms with Crippen LogP contribution in [0, 0.1) is 0 Å². The topological polar surface area (TPSA) is 69.8 Å². The summed E-state index contributed by atoms with van der Waals surface area (Å²) in [6, 6.07) is 17.9. The Kier molecular flexibility index (Phi) is 6.98. The molecule has 2 aromatic carbocycles. The number of alkyl halides is 3. The number of anilines is 1. The van der Waals surface area contributed by atoms with Gasteiger partial charge in [0.25, 0.3) is 0 Å². The number of aromatic nitrogens is 5. The summed E-state index contributed by atoms with van der Waals surface area (Å²) in [4.78, 5) is 8.85. The maximum absolute atomic E-state index is 13.1. The van der Waals surface area contributed by atoms with E-state index in [2.05, 4.69) is 15.4 Å². The second-order valence-electron chi connectivity index (χ2n) is 8.74. The molecular formula is C27H24ClF3N6O. The van der Waals surface area contributed by atoms with Crippen LogP contribution in [-0.2, 0) is 32.7 Å². The minimum absolute atomic E-state index is 0.289. The molecule has 3 aromatic heterocycles. The van der Waals surface area contributed by atoms with E-state index in [-0.39, 0.29) is 6.42 Å². The van der Waals surface area contributed by atoms with Crippen LogP contribution in [0.25, 0.3) is 11.0 Å². The lowest BCUT2D eigenvalue weighted by Gasteiger charge is -2.10. The zero-order chi connectivity index (χ0) is 26.9. The molecule has 0 radical (unpaired) electrons. The minimum Gasteiger partial charge on any atom is -0.439 e. The Balaban J connectivity index is 1.28. The molecule has 5 rings (SSSR count). The van der Waals surface area contributed by atoms with E-state index in [1.165, 1.54) is 13.2 Å². The van der Waals surface area contributed by atoms with E-state index in [0.29, 0.717) is 41.4 Å². The third-order valence-corrected chi connectivity index (χ3v) is 6.26. The van der Waals surface area contributed by atoms with Gasteiger partial charge in [-0.1, -0.05) is 29.8 Å². The fourth-order valence-corrected chi connectivity index (χ4v) is 4.33. The van der Waals surface area contributed by atoms with Gasteiger partial charge in [-0.25, -0.2) is 9.97 Å². The Morgan fingerprint density at radius 2 is 1.76 bits per heavy atom. The summed E-state index contributed by atoms with van der Waals surface area (Å²) in [7, 11) is 1.30. The minimum atomic E-state index is -4.44. The Morgan fingerprint density at radius 3 is 2.42 bits per heavy atom. The molecule has 196 valence electrons. The van der Waals surface area contributed by atoms with E-state index in [4.69, 9.17) is 21.3 Å². The summed E-state index contributed by atoms with van der Waals surface area (Å²) >= 11 is 5.86. The molecule has 0 aliphatic carbocycles. The summed E-state index contributed by atoms with van der Waals surface area (Å²) in [5.41, 5.74) is 3.19. The number of benzene rings is 2. The number of hydrogen-bond donors (Lipinski definition) is 1. The lowest BCUT2D eigenvalue weighted by molar-refractivity contribution is -0.143. The van der Waals surface area contributed by atoms with Crippen molar-refractivity contribution >= 4 is 28.6 Å². The Morgan fingerprint density at radius 1 is 1.00 bits per heavy atom. The number of hydrogen-bond acceptors (Lipinski definition) is 5. The molecule has 0 bridgehead atoms. The number of rotatable bonds is 8. The van der Waals surface area contributed by atoms with Gasteiger partial charge in [-0.3, -0.25) is 4.68 Å². The fourth-order valence-electron chi connectivity index (χ4n) is 4.22. The van der Waals surface area contributed by atoms with Gasteiger partial charge in [0.05, 0.1) is 21.7 Å². The van der Waals surface area contributed by atoms with Gasteiger partial charge in [-0.05, 0) is 54.4 Å². The molecule has 0 aliphatic rings. The van der Waals surface area contributed by atoms with Crippen molar-refractivity contribution in [3.05, 3.63) is 94.4 Å². The Bertz CT molecular complexity index is 1560. The van der Waals surface area contributed by atoms with Gasteiger partial charge >= 0.3 is 6.18 Å². The van der Waals surface area contributed by atoms with E-state index < -0.39 is 11.9 Å². The van der Waals surface area contributed by atoms with Crippen LogP contribution >= 0.6 is 11.6 Å². The lowest BCUT2D eigenvalue weighted by Crippen LogP contribution is -2.11. The summed E-state index contributed by atoms with van der Waals surface area (Å²) < 4.78 is 48.1. The lowest BCUT2D eigenvalue weighted by atomic mass is 10.1. The quantitative estimate of drug-likeness (QED) is 0.233. The van der Waals surface area contributed by atoms with Crippen LogP contribution in [-0.4, -0.2) is 24.3 Å². The van der Waals surface area contributed by atoms with Crippen molar-refractivity contribution in [3.8, 4) is 11.6 Å². The third kappa shape index (κ3) is 5.60. The van der Waals surface area contributed by atoms with E-state index >= 15 is 0 Å². The summed E-state index contributed by atoms with van der Waals surface area (Å²) in [5.74, 6) is 1.83. The highest BCUT2D eigenvalue weighted by Crippen LogP contribution is 2.30. The molecule has 0 atom stereocenters. The van der Waals surface area contributed by atoms with Crippen molar-refractivity contribution in [3.63, 3.8) is 0 Å². The number of fused-ring (bicyclic) bond motifs is 1. The molecule has 0 spiro atoms. The van der Waals surface area contributed by atoms with Gasteiger partial charge in [0.15, 0.2) is 0 Å². The second-order valence-corrected chi connectivity index (χ2v) is 9.17. The molecule has 3 heterocycles. The highest BCUT2D eigenvalue weighted by molar-refractivity contribution is 6.30. The normalized spacial score (nSPS) is 11.7. The molecule has 0 amide bonds. The Labute approximate surface area is 221 Å². The number of halogens is 4. The molecule has 1 N–H and O–H groups in total. The highest BCUT2D eigenvalue weighted by Gasteiger charge is 2.34. The van der Waals surface area contributed by atoms with Crippen molar-refractivity contribution in [2.75, 3.05) is 5.32 Å². The monoisotopic (exact) mass is 540 g/mol. The zero-order valence-electron chi connectivity index (χ0n) is 20.6. The molecule has 7 nitrogen and oxygen atoms in total. The van der Waals surface area contributed by atoms with Gasteiger partial charge in [0, 0.05) is 38.8 Å². The third-order valence-electron chi connectivity index (χ3n) is 6.03. The highest BCUT2D eigenvalue weighted by atomic mass is 35.5. The first-order chi connectivity index (χ1) is 18.2. The molecule has 0 fully saturated rings. The van der Waals surface area contributed by atoms with Gasteiger partial charge in [-0.15, -0.1) is 0 Å². The first-order valence-electron chi connectivity index (χ1n) is 11.9. The van der Waals surface area contributed by atoms with E-state index in [0.717, 1.165) is 32.9 Å². The standard InChI is InChI=1S/C27H24ClF3N6O/c1-3-37-23-13-18(12-20-14-24(27(29,30)31)36(2)35-20)6-10-22(23)34-26(37)33-15-17-4-8-21(9-5-17)38-25-11-7-19(28)16-32-25/h4-11,13-14,16H,3,12,15H2,1-2H3,(H,33,34). The number of pyridine rings is 1. The van der Waals surface area contributed by atoms with Gasteiger partial charge in [0.1, 0.15) is 11.4 Å². The molecule has 0 saturated carbocycles. The van der Waals surface area contributed by atoms with Crippen LogP contribution in [0.5, 0.6) is 11.6 Å². The molecular weight excluding hydrogens is 517 g/mol. The predicted octanol–water partition coefficient (Wildman–Crippen LogP) is 6.85. The van der Waals surface area contributed by atoms with Crippen LogP contribution < -0.4 is 10.1 Å². The van der Waals surface area contributed by atoms with Crippen molar-refractivity contribution < 1.29 is 17.9 Å². The van der Waals surface area contributed by atoms with E-state index in [1.807, 2.05) is 54.0 Å². The molecule has 0 aliphatic heterocycles. The first kappa shape index (κ1) is 25.6. The molecule has 11 heteroatoms.